The Hall–Kier alpha value is -1.87. The Morgan fingerprint density at radius 2 is 1.65 bits per heavy atom. The molecule has 1 aromatic rings. The molecule has 1 aliphatic heterocycles. The van der Waals surface area contributed by atoms with Crippen molar-refractivity contribution in [1.82, 2.24) is 5.32 Å². The van der Waals surface area contributed by atoms with Crippen molar-refractivity contribution in [3.05, 3.63) is 23.3 Å². The molecule has 1 aliphatic carbocycles. The fraction of sp³-hybridized carbons (Fsp3) is 0.533. The van der Waals surface area contributed by atoms with E-state index in [9.17, 15) is 25.2 Å². The predicted molar refractivity (Wildman–Crippen MR) is 77.1 cm³/mol. The molecule has 23 heavy (non-hydrogen) atoms. The molecule has 8 nitrogen and oxygen atoms in total. The molecule has 3 rings (SSSR count). The van der Waals surface area contributed by atoms with Crippen LogP contribution in [0.25, 0.3) is 0 Å². The molecular formula is C15H19NO7. The summed E-state index contributed by atoms with van der Waals surface area (Å²) in [6.07, 6.45) is -5.50. The normalized spacial score (nSPS) is 35.9. The lowest BCUT2D eigenvalue weighted by Crippen LogP contribution is -2.63. The van der Waals surface area contributed by atoms with Gasteiger partial charge in [-0.1, -0.05) is 0 Å². The van der Waals surface area contributed by atoms with Gasteiger partial charge in [0.25, 0.3) is 0 Å². The van der Waals surface area contributed by atoms with Gasteiger partial charge in [-0.05, 0) is 30.2 Å². The number of benzene rings is 1. The number of carbonyl (C=O) groups is 1. The number of hydrogen-bond donors (Lipinski definition) is 5. The predicted octanol–water partition coefficient (Wildman–Crippen LogP) is -1.62. The van der Waals surface area contributed by atoms with E-state index in [1.54, 1.807) is 19.1 Å². The second kappa shape index (κ2) is 5.97. The Bertz CT molecular complexity index is 608. The van der Waals surface area contributed by atoms with Gasteiger partial charge in [0, 0.05) is 5.92 Å². The van der Waals surface area contributed by atoms with E-state index in [-0.39, 0.29) is 6.79 Å². The zero-order valence-electron chi connectivity index (χ0n) is 12.4. The Morgan fingerprint density at radius 1 is 1.04 bits per heavy atom. The lowest BCUT2D eigenvalue weighted by atomic mass is 9.72. The number of nitrogens with one attached hydrogen (secondary N) is 1. The maximum absolute atomic E-state index is 10.9. The van der Waals surface area contributed by atoms with E-state index in [2.05, 4.69) is 5.32 Å². The number of amides is 1. The average molecular weight is 325 g/mol. The molecule has 8 heteroatoms. The summed E-state index contributed by atoms with van der Waals surface area (Å²) in [7, 11) is 0. The van der Waals surface area contributed by atoms with E-state index >= 15 is 0 Å². The number of ether oxygens (including phenoxy) is 2. The molecule has 0 saturated heterocycles. The zero-order chi connectivity index (χ0) is 16.7. The van der Waals surface area contributed by atoms with Gasteiger partial charge < -0.3 is 35.2 Å². The third-order valence-corrected chi connectivity index (χ3v) is 4.55. The molecule has 5 N–H and O–H groups in total. The van der Waals surface area contributed by atoms with Crippen molar-refractivity contribution in [3.63, 3.8) is 0 Å². The maximum Gasteiger partial charge on any atom is 0.231 e. The van der Waals surface area contributed by atoms with Crippen molar-refractivity contribution in [3.8, 4) is 11.5 Å². The highest BCUT2D eigenvalue weighted by Crippen LogP contribution is 2.41. The minimum atomic E-state index is -1.56. The van der Waals surface area contributed by atoms with Crippen LogP contribution >= 0.6 is 0 Å². The van der Waals surface area contributed by atoms with Gasteiger partial charge in [-0.25, -0.2) is 0 Å². The molecule has 6 atom stereocenters. The molecule has 126 valence electrons. The second-order valence-electron chi connectivity index (χ2n) is 5.86. The van der Waals surface area contributed by atoms with E-state index in [0.29, 0.717) is 23.5 Å². The molecule has 0 spiro atoms. The number of rotatable bonds is 3. The summed E-state index contributed by atoms with van der Waals surface area (Å²) in [5, 5.41) is 42.8. The van der Waals surface area contributed by atoms with Gasteiger partial charge in [-0.15, -0.1) is 0 Å². The van der Waals surface area contributed by atoms with Crippen molar-refractivity contribution in [1.29, 1.82) is 0 Å². The fourth-order valence-electron chi connectivity index (χ4n) is 3.33. The number of hydrogen-bond acceptors (Lipinski definition) is 7. The van der Waals surface area contributed by atoms with Crippen molar-refractivity contribution in [2.75, 3.05) is 6.79 Å². The molecular weight excluding hydrogens is 306 g/mol. The fourth-order valence-corrected chi connectivity index (χ4v) is 3.33. The van der Waals surface area contributed by atoms with E-state index in [4.69, 9.17) is 9.47 Å². The topological polar surface area (TPSA) is 128 Å². The van der Waals surface area contributed by atoms with Crippen LogP contribution in [0.1, 0.15) is 17.0 Å². The summed E-state index contributed by atoms with van der Waals surface area (Å²) in [6.45, 7) is 1.87. The molecule has 2 aliphatic rings. The van der Waals surface area contributed by atoms with Crippen LogP contribution in [0.15, 0.2) is 12.1 Å². The first kappa shape index (κ1) is 16.0. The van der Waals surface area contributed by atoms with Gasteiger partial charge in [-0.3, -0.25) is 4.79 Å². The first-order chi connectivity index (χ1) is 11.0. The number of fused-ring (bicyclic) bond motifs is 1. The van der Waals surface area contributed by atoms with Crippen LogP contribution in [-0.4, -0.2) is 64.1 Å². The molecule has 1 saturated carbocycles. The summed E-state index contributed by atoms with van der Waals surface area (Å²) >= 11 is 0. The van der Waals surface area contributed by atoms with E-state index in [1.807, 2.05) is 0 Å². The van der Waals surface area contributed by atoms with E-state index < -0.39 is 36.4 Å². The van der Waals surface area contributed by atoms with Crippen molar-refractivity contribution >= 4 is 6.41 Å². The smallest absolute Gasteiger partial charge is 0.231 e. The van der Waals surface area contributed by atoms with Crippen LogP contribution < -0.4 is 14.8 Å². The van der Waals surface area contributed by atoms with Gasteiger partial charge in [0.05, 0.1) is 12.1 Å². The average Bonchev–Trinajstić information content (AvgIpc) is 2.98. The quantitative estimate of drug-likeness (QED) is 0.422. The number of aryl methyl sites for hydroxylation is 1. The summed E-state index contributed by atoms with van der Waals surface area (Å²) in [5.74, 6) is 0.235. The lowest BCUT2D eigenvalue weighted by Gasteiger charge is -2.44. The SMILES string of the molecule is Cc1cc2c(cc1C1C(O)[C@H](O)C(O)C(O)[C@@H]1NC=O)OCO2. The third kappa shape index (κ3) is 2.53. The first-order valence-corrected chi connectivity index (χ1v) is 7.27. The van der Waals surface area contributed by atoms with Crippen LogP contribution in [0.5, 0.6) is 11.5 Å². The molecule has 1 amide bonds. The summed E-state index contributed by atoms with van der Waals surface area (Å²) in [6, 6.07) is 2.42. The number of aliphatic hydroxyl groups excluding tert-OH is 4. The van der Waals surface area contributed by atoms with E-state index in [1.165, 1.54) is 0 Å². The lowest BCUT2D eigenvalue weighted by molar-refractivity contribution is -0.157. The largest absolute Gasteiger partial charge is 0.454 e. The highest BCUT2D eigenvalue weighted by Gasteiger charge is 2.49. The molecule has 0 bridgehead atoms. The molecule has 1 fully saturated rings. The number of aliphatic hydroxyl groups is 4. The van der Waals surface area contributed by atoms with Gasteiger partial charge in [0.2, 0.25) is 13.2 Å². The molecule has 1 heterocycles. The Labute approximate surface area is 132 Å². The van der Waals surface area contributed by atoms with Crippen molar-refractivity contribution in [2.45, 2.75) is 43.3 Å². The molecule has 0 aromatic heterocycles. The second-order valence-corrected chi connectivity index (χ2v) is 5.86. The molecule has 1 aromatic carbocycles. The maximum atomic E-state index is 10.9. The highest BCUT2D eigenvalue weighted by atomic mass is 16.7. The monoisotopic (exact) mass is 325 g/mol. The van der Waals surface area contributed by atoms with Crippen molar-refractivity contribution in [2.24, 2.45) is 0 Å². The third-order valence-electron chi connectivity index (χ3n) is 4.55. The summed E-state index contributed by atoms with van der Waals surface area (Å²) in [5.41, 5.74) is 1.33. The van der Waals surface area contributed by atoms with Crippen molar-refractivity contribution < 1.29 is 34.7 Å². The van der Waals surface area contributed by atoms with Crippen LogP contribution in [0.3, 0.4) is 0 Å². The van der Waals surface area contributed by atoms with Crippen LogP contribution in [0.2, 0.25) is 0 Å². The first-order valence-electron chi connectivity index (χ1n) is 7.27. The van der Waals surface area contributed by atoms with Gasteiger partial charge in [-0.2, -0.15) is 0 Å². The zero-order valence-corrected chi connectivity index (χ0v) is 12.4. The Morgan fingerprint density at radius 3 is 2.30 bits per heavy atom. The van der Waals surface area contributed by atoms with Crippen LogP contribution in [0.4, 0.5) is 0 Å². The standard InChI is InChI=1S/C15H19NO7/c1-6-2-8-9(23-5-22-8)3-7(6)10-11(16-4-17)13(19)15(21)14(20)12(10)18/h2-4,10-15,18-21H,5H2,1H3,(H,16,17)/t10?,11-,12?,13?,14+,15?/m1/s1. The minimum absolute atomic E-state index is 0.0887. The molecule has 0 radical (unpaired) electrons. The van der Waals surface area contributed by atoms with Gasteiger partial charge in [0.15, 0.2) is 11.5 Å². The Balaban J connectivity index is 2.05. The number of carbonyl (C=O) groups excluding carboxylic acids is 1. The summed E-state index contributed by atoms with van der Waals surface area (Å²) < 4.78 is 10.6. The highest BCUT2D eigenvalue weighted by molar-refractivity contribution is 5.52. The van der Waals surface area contributed by atoms with Gasteiger partial charge >= 0.3 is 0 Å². The Kier molecular flexibility index (Phi) is 4.15. The van der Waals surface area contributed by atoms with E-state index in [0.717, 1.165) is 5.56 Å². The minimum Gasteiger partial charge on any atom is -0.454 e. The van der Waals surface area contributed by atoms with Crippen LogP contribution in [-0.2, 0) is 4.79 Å². The summed E-state index contributed by atoms with van der Waals surface area (Å²) in [4.78, 5) is 10.9. The molecule has 4 unspecified atom stereocenters. The van der Waals surface area contributed by atoms with Gasteiger partial charge in [0.1, 0.15) is 18.3 Å². The van der Waals surface area contributed by atoms with Crippen LogP contribution in [0, 0.1) is 6.92 Å².